The summed E-state index contributed by atoms with van der Waals surface area (Å²) in [6.07, 6.45) is 1.37. The van der Waals surface area contributed by atoms with Crippen LogP contribution in [0.4, 0.5) is 26.3 Å². The van der Waals surface area contributed by atoms with E-state index in [1.807, 2.05) is 0 Å². The SMILES string of the molecule is Fc1[c]nc2c(F)c(F)c(F)c(F)c2c1F. The van der Waals surface area contributed by atoms with Gasteiger partial charge in [-0.1, -0.05) is 0 Å². The quantitative estimate of drug-likeness (QED) is 0.389. The first-order chi connectivity index (χ1) is 7.45. The standard InChI is InChI=1S/C9F6N/c10-2-1-16-9-3(4(2)11)5(12)6(13)7(14)8(9)15. The van der Waals surface area contributed by atoms with Crippen LogP contribution in [0.3, 0.4) is 0 Å². The molecule has 16 heavy (non-hydrogen) atoms. The summed E-state index contributed by atoms with van der Waals surface area (Å²) in [5, 5.41) is -1.38. The summed E-state index contributed by atoms with van der Waals surface area (Å²) in [4.78, 5) is 2.84. The Balaban J connectivity index is 3.09. The molecule has 83 valence electrons. The Hall–Kier alpha value is -1.79. The van der Waals surface area contributed by atoms with E-state index in [-0.39, 0.29) is 0 Å². The molecule has 0 N–H and O–H groups in total. The highest BCUT2D eigenvalue weighted by molar-refractivity contribution is 5.80. The van der Waals surface area contributed by atoms with Gasteiger partial charge in [0.15, 0.2) is 34.9 Å². The number of nitrogens with zero attached hydrogens (tertiary/aromatic N) is 1. The molecule has 0 bridgehead atoms. The molecule has 2 rings (SSSR count). The molecule has 0 aliphatic carbocycles. The van der Waals surface area contributed by atoms with Gasteiger partial charge < -0.3 is 0 Å². The third-order valence-electron chi connectivity index (χ3n) is 1.92. The summed E-state index contributed by atoms with van der Waals surface area (Å²) in [6.45, 7) is 0. The van der Waals surface area contributed by atoms with E-state index in [1.165, 1.54) is 6.20 Å². The van der Waals surface area contributed by atoms with Crippen LogP contribution in [-0.4, -0.2) is 4.98 Å². The highest BCUT2D eigenvalue weighted by Gasteiger charge is 2.25. The minimum atomic E-state index is -2.23. The van der Waals surface area contributed by atoms with Crippen molar-refractivity contribution in [2.75, 3.05) is 0 Å². The van der Waals surface area contributed by atoms with Crippen molar-refractivity contribution in [3.63, 3.8) is 0 Å². The Morgan fingerprint density at radius 3 is 1.88 bits per heavy atom. The average molecular weight is 236 g/mol. The molecule has 1 heterocycles. The molecule has 1 aromatic heterocycles. The normalized spacial score (nSPS) is 11.1. The van der Waals surface area contributed by atoms with Crippen LogP contribution in [0.1, 0.15) is 0 Å². The zero-order valence-corrected chi connectivity index (χ0v) is 7.22. The maximum absolute atomic E-state index is 13.0. The molecule has 0 amide bonds. The second kappa shape index (κ2) is 3.36. The summed E-state index contributed by atoms with van der Waals surface area (Å²) in [6, 6.07) is 0. The predicted molar refractivity (Wildman–Crippen MR) is 40.3 cm³/mol. The Kier molecular flexibility index (Phi) is 2.25. The molecule has 0 saturated carbocycles. The summed E-state index contributed by atoms with van der Waals surface area (Å²) >= 11 is 0. The van der Waals surface area contributed by atoms with Gasteiger partial charge in [0.05, 0.1) is 5.39 Å². The number of benzene rings is 1. The van der Waals surface area contributed by atoms with Gasteiger partial charge in [0, 0.05) is 0 Å². The summed E-state index contributed by atoms with van der Waals surface area (Å²) in [5.41, 5.74) is -1.16. The fourth-order valence-electron chi connectivity index (χ4n) is 1.19. The number of hydrogen-bond acceptors (Lipinski definition) is 1. The van der Waals surface area contributed by atoms with Gasteiger partial charge in [-0.25, -0.2) is 31.3 Å². The van der Waals surface area contributed by atoms with Gasteiger partial charge in [0.1, 0.15) is 11.7 Å². The molecule has 1 radical (unpaired) electrons. The number of halogens is 6. The van der Waals surface area contributed by atoms with Gasteiger partial charge in [0.25, 0.3) is 0 Å². The van der Waals surface area contributed by atoms with Gasteiger partial charge in [0.2, 0.25) is 0 Å². The third-order valence-corrected chi connectivity index (χ3v) is 1.92. The Bertz CT molecular complexity index is 595. The van der Waals surface area contributed by atoms with E-state index in [0.717, 1.165) is 0 Å². The Morgan fingerprint density at radius 2 is 1.25 bits per heavy atom. The maximum atomic E-state index is 13.0. The first-order valence-electron chi connectivity index (χ1n) is 3.83. The van der Waals surface area contributed by atoms with E-state index < -0.39 is 45.8 Å². The van der Waals surface area contributed by atoms with Crippen LogP contribution >= 0.6 is 0 Å². The van der Waals surface area contributed by atoms with Crippen molar-refractivity contribution in [1.82, 2.24) is 4.98 Å². The lowest BCUT2D eigenvalue weighted by Crippen LogP contribution is -2.03. The highest BCUT2D eigenvalue weighted by atomic mass is 19.2. The third kappa shape index (κ3) is 1.24. The molecular formula is C9F6N. The summed E-state index contributed by atoms with van der Waals surface area (Å²) in [7, 11) is 0. The van der Waals surface area contributed by atoms with E-state index in [2.05, 4.69) is 4.98 Å². The molecule has 0 atom stereocenters. The fourth-order valence-corrected chi connectivity index (χ4v) is 1.19. The molecule has 0 saturated heterocycles. The van der Waals surface area contributed by atoms with Gasteiger partial charge in [-0.3, -0.25) is 0 Å². The van der Waals surface area contributed by atoms with Crippen LogP contribution in [0.2, 0.25) is 0 Å². The number of pyridine rings is 1. The molecule has 0 unspecified atom stereocenters. The van der Waals surface area contributed by atoms with Crippen molar-refractivity contribution < 1.29 is 26.3 Å². The summed E-state index contributed by atoms with van der Waals surface area (Å²) in [5.74, 6) is -11.9. The van der Waals surface area contributed by atoms with Crippen LogP contribution < -0.4 is 0 Å². The lowest BCUT2D eigenvalue weighted by atomic mass is 10.1. The molecule has 0 aliphatic heterocycles. The van der Waals surface area contributed by atoms with E-state index in [9.17, 15) is 26.3 Å². The topological polar surface area (TPSA) is 12.9 Å². The predicted octanol–water partition coefficient (Wildman–Crippen LogP) is 2.87. The average Bonchev–Trinajstić information content (AvgIpc) is 2.27. The second-order valence-electron chi connectivity index (χ2n) is 2.83. The van der Waals surface area contributed by atoms with E-state index in [0.29, 0.717) is 0 Å². The van der Waals surface area contributed by atoms with Gasteiger partial charge in [-0.15, -0.1) is 0 Å². The van der Waals surface area contributed by atoms with Crippen molar-refractivity contribution in [3.05, 3.63) is 41.1 Å². The Labute approximate surface area is 84.3 Å². The van der Waals surface area contributed by atoms with Crippen LogP contribution in [0.5, 0.6) is 0 Å². The molecule has 1 aromatic carbocycles. The van der Waals surface area contributed by atoms with Crippen LogP contribution in [0, 0.1) is 41.1 Å². The van der Waals surface area contributed by atoms with Crippen molar-refractivity contribution in [2.45, 2.75) is 0 Å². The van der Waals surface area contributed by atoms with Gasteiger partial charge >= 0.3 is 0 Å². The second-order valence-corrected chi connectivity index (χ2v) is 2.83. The van der Waals surface area contributed by atoms with Crippen molar-refractivity contribution in [3.8, 4) is 0 Å². The van der Waals surface area contributed by atoms with Crippen molar-refractivity contribution in [1.29, 1.82) is 0 Å². The minimum absolute atomic E-state index is 1.16. The highest BCUT2D eigenvalue weighted by Crippen LogP contribution is 2.27. The van der Waals surface area contributed by atoms with E-state index in [1.54, 1.807) is 0 Å². The summed E-state index contributed by atoms with van der Waals surface area (Å²) < 4.78 is 77.0. The van der Waals surface area contributed by atoms with Crippen LogP contribution in [-0.2, 0) is 0 Å². The fraction of sp³-hybridized carbons (Fsp3) is 0. The lowest BCUT2D eigenvalue weighted by Gasteiger charge is -2.04. The number of rotatable bonds is 0. The molecular weight excluding hydrogens is 236 g/mol. The number of hydrogen-bond donors (Lipinski definition) is 0. The van der Waals surface area contributed by atoms with Gasteiger partial charge in [-0.05, 0) is 0 Å². The molecule has 1 nitrogen and oxygen atoms in total. The molecule has 2 aromatic rings. The zero-order chi connectivity index (χ0) is 12.0. The first-order valence-corrected chi connectivity index (χ1v) is 3.83. The monoisotopic (exact) mass is 236 g/mol. The molecule has 7 heteroatoms. The lowest BCUT2D eigenvalue weighted by molar-refractivity contribution is 0.413. The van der Waals surface area contributed by atoms with E-state index >= 15 is 0 Å². The van der Waals surface area contributed by atoms with Crippen molar-refractivity contribution >= 4 is 10.9 Å². The van der Waals surface area contributed by atoms with Gasteiger partial charge in [-0.2, -0.15) is 0 Å². The molecule has 0 aliphatic rings. The van der Waals surface area contributed by atoms with E-state index in [4.69, 9.17) is 0 Å². The molecule has 0 spiro atoms. The Morgan fingerprint density at radius 1 is 0.688 bits per heavy atom. The van der Waals surface area contributed by atoms with Crippen LogP contribution in [0.25, 0.3) is 10.9 Å². The maximum Gasteiger partial charge on any atom is 0.199 e. The molecule has 0 fully saturated rings. The minimum Gasteiger partial charge on any atom is -0.239 e. The largest absolute Gasteiger partial charge is 0.239 e. The number of fused-ring (bicyclic) bond motifs is 1. The number of aromatic nitrogens is 1. The van der Waals surface area contributed by atoms with Crippen LogP contribution in [0.15, 0.2) is 0 Å². The van der Waals surface area contributed by atoms with Crippen molar-refractivity contribution in [2.24, 2.45) is 0 Å². The smallest absolute Gasteiger partial charge is 0.199 e. The first kappa shape index (κ1) is 10.7. The zero-order valence-electron chi connectivity index (χ0n) is 7.22.